The van der Waals surface area contributed by atoms with Crippen molar-refractivity contribution in [1.29, 1.82) is 0 Å². The Morgan fingerprint density at radius 2 is 2.06 bits per heavy atom. The van der Waals surface area contributed by atoms with E-state index in [-0.39, 0.29) is 12.3 Å². The van der Waals surface area contributed by atoms with Gasteiger partial charge in [-0.2, -0.15) is 0 Å². The van der Waals surface area contributed by atoms with Crippen molar-refractivity contribution in [3.8, 4) is 0 Å². The second kappa shape index (κ2) is 6.65. The summed E-state index contributed by atoms with van der Waals surface area (Å²) in [7, 11) is 0. The third-order valence-electron chi connectivity index (χ3n) is 2.09. The molecule has 0 saturated heterocycles. The van der Waals surface area contributed by atoms with Crippen molar-refractivity contribution < 1.29 is 19.8 Å². The van der Waals surface area contributed by atoms with Crippen LogP contribution in [0.1, 0.15) is 12.5 Å². The van der Waals surface area contributed by atoms with Crippen LogP contribution in [0.2, 0.25) is 0 Å². The molecule has 1 aromatic rings. The van der Waals surface area contributed by atoms with Gasteiger partial charge in [0.1, 0.15) is 6.61 Å². The number of oxime groups is 1. The summed E-state index contributed by atoms with van der Waals surface area (Å²) >= 11 is 0. The van der Waals surface area contributed by atoms with E-state index < -0.39 is 12.1 Å². The quantitative estimate of drug-likeness (QED) is 0.573. The Labute approximate surface area is 99.3 Å². The molecule has 0 aliphatic heterocycles. The van der Waals surface area contributed by atoms with E-state index in [9.17, 15) is 9.90 Å². The molecule has 17 heavy (non-hydrogen) atoms. The molecule has 5 nitrogen and oxygen atoms in total. The number of nitrogens with zero attached hydrogens (tertiary/aromatic N) is 1. The van der Waals surface area contributed by atoms with Gasteiger partial charge in [-0.3, -0.25) is 0 Å². The molecule has 0 aliphatic rings. The van der Waals surface area contributed by atoms with Crippen molar-refractivity contribution in [3.63, 3.8) is 0 Å². The molecule has 0 aliphatic carbocycles. The number of hydrogen-bond acceptors (Lipinski definition) is 4. The largest absolute Gasteiger partial charge is 0.477 e. The highest BCUT2D eigenvalue weighted by Crippen LogP contribution is 2.03. The van der Waals surface area contributed by atoms with Gasteiger partial charge in [-0.1, -0.05) is 35.5 Å². The molecule has 92 valence electrons. The molecular formula is C12H15NO4. The fraction of sp³-hybridized carbons (Fsp3) is 0.333. The van der Waals surface area contributed by atoms with Crippen LogP contribution in [0.25, 0.3) is 0 Å². The number of hydrogen-bond donors (Lipinski definition) is 2. The van der Waals surface area contributed by atoms with Gasteiger partial charge in [-0.05, 0) is 12.5 Å². The monoisotopic (exact) mass is 237 g/mol. The zero-order valence-electron chi connectivity index (χ0n) is 9.54. The van der Waals surface area contributed by atoms with Crippen LogP contribution in [0.5, 0.6) is 0 Å². The van der Waals surface area contributed by atoms with Gasteiger partial charge in [0.05, 0.1) is 6.10 Å². The summed E-state index contributed by atoms with van der Waals surface area (Å²) in [6.45, 7) is 1.30. The van der Waals surface area contributed by atoms with Crippen LogP contribution in [0.3, 0.4) is 0 Å². The van der Waals surface area contributed by atoms with E-state index in [0.717, 1.165) is 5.56 Å². The van der Waals surface area contributed by atoms with Gasteiger partial charge in [0.15, 0.2) is 5.71 Å². The van der Waals surface area contributed by atoms with E-state index in [1.54, 1.807) is 0 Å². The van der Waals surface area contributed by atoms with Crippen LogP contribution in [0.15, 0.2) is 35.5 Å². The molecule has 2 N–H and O–H groups in total. The lowest BCUT2D eigenvalue weighted by molar-refractivity contribution is -0.129. The summed E-state index contributed by atoms with van der Waals surface area (Å²) in [5.41, 5.74) is 0.847. The second-order valence-corrected chi connectivity index (χ2v) is 3.62. The fourth-order valence-corrected chi connectivity index (χ4v) is 1.20. The second-order valence-electron chi connectivity index (χ2n) is 3.62. The Balaban J connectivity index is 2.34. The number of aliphatic hydroxyl groups is 1. The summed E-state index contributed by atoms with van der Waals surface area (Å²) < 4.78 is 0. The van der Waals surface area contributed by atoms with Gasteiger partial charge in [-0.25, -0.2) is 4.79 Å². The van der Waals surface area contributed by atoms with Crippen LogP contribution in [0.4, 0.5) is 0 Å². The van der Waals surface area contributed by atoms with Crippen molar-refractivity contribution in [2.45, 2.75) is 19.4 Å². The zero-order valence-corrected chi connectivity index (χ0v) is 9.54. The van der Waals surface area contributed by atoms with Crippen molar-refractivity contribution in [2.24, 2.45) is 5.16 Å². The summed E-state index contributed by atoms with van der Waals surface area (Å²) in [5.74, 6) is -1.14. The van der Waals surface area contributed by atoms with E-state index in [2.05, 4.69) is 5.16 Å². The first-order valence-corrected chi connectivity index (χ1v) is 5.21. The average Bonchev–Trinajstić information content (AvgIpc) is 2.30. The minimum Gasteiger partial charge on any atom is -0.477 e. The van der Waals surface area contributed by atoms with Crippen LogP contribution in [-0.4, -0.2) is 34.6 Å². The molecule has 5 heteroatoms. The fourth-order valence-electron chi connectivity index (χ4n) is 1.20. The average molecular weight is 237 g/mol. The van der Waals surface area contributed by atoms with E-state index >= 15 is 0 Å². The number of carboxylic acid groups (broad SMARTS) is 1. The normalized spacial score (nSPS) is 13.2. The van der Waals surface area contributed by atoms with Crippen LogP contribution in [-0.2, 0) is 16.1 Å². The number of rotatable bonds is 6. The van der Waals surface area contributed by atoms with E-state index in [0.29, 0.717) is 6.42 Å². The third-order valence-corrected chi connectivity index (χ3v) is 2.09. The Morgan fingerprint density at radius 3 is 2.65 bits per heavy atom. The highest BCUT2D eigenvalue weighted by Gasteiger charge is 2.07. The lowest BCUT2D eigenvalue weighted by Gasteiger charge is -2.09. The van der Waals surface area contributed by atoms with Crippen molar-refractivity contribution in [2.75, 3.05) is 6.61 Å². The molecule has 0 saturated carbocycles. The van der Waals surface area contributed by atoms with Gasteiger partial charge < -0.3 is 15.1 Å². The first-order valence-electron chi connectivity index (χ1n) is 5.21. The van der Waals surface area contributed by atoms with Crippen LogP contribution >= 0.6 is 0 Å². The molecule has 0 aromatic heterocycles. The highest BCUT2D eigenvalue weighted by molar-refractivity contribution is 6.34. The molecule has 0 amide bonds. The Morgan fingerprint density at radius 1 is 1.41 bits per heavy atom. The molecular weight excluding hydrogens is 222 g/mol. The van der Waals surface area contributed by atoms with Crippen LogP contribution in [0, 0.1) is 0 Å². The minimum absolute atomic E-state index is 0.0283. The number of aliphatic hydroxyl groups excluding tert-OH is 1. The number of carbonyl (C=O) groups is 1. The van der Waals surface area contributed by atoms with Crippen molar-refractivity contribution >= 4 is 11.7 Å². The molecule has 1 aromatic carbocycles. The van der Waals surface area contributed by atoms with Gasteiger partial charge in [0, 0.05) is 6.42 Å². The molecule has 0 fully saturated rings. The Hall–Kier alpha value is -1.88. The van der Waals surface area contributed by atoms with Gasteiger partial charge >= 0.3 is 5.97 Å². The molecule has 1 atom stereocenters. The predicted molar refractivity (Wildman–Crippen MR) is 62.8 cm³/mol. The Kier molecular flexibility index (Phi) is 5.16. The number of carboxylic acids is 1. The molecule has 1 unspecified atom stereocenters. The van der Waals surface area contributed by atoms with E-state index in [1.807, 2.05) is 30.3 Å². The van der Waals surface area contributed by atoms with Crippen molar-refractivity contribution in [3.05, 3.63) is 35.9 Å². The first kappa shape index (κ1) is 13.2. The topological polar surface area (TPSA) is 79.1 Å². The summed E-state index contributed by atoms with van der Waals surface area (Å²) in [6.07, 6.45) is -0.259. The minimum atomic E-state index is -1.14. The van der Waals surface area contributed by atoms with Crippen molar-refractivity contribution in [1.82, 2.24) is 0 Å². The first-order chi connectivity index (χ1) is 8.09. The third kappa shape index (κ3) is 5.12. The Bertz CT molecular complexity index is 389. The smallest absolute Gasteiger partial charge is 0.353 e. The summed E-state index contributed by atoms with van der Waals surface area (Å²) in [6, 6.07) is 9.46. The molecule has 1 rings (SSSR count). The van der Waals surface area contributed by atoms with E-state index in [4.69, 9.17) is 9.94 Å². The molecule has 0 bridgehead atoms. The lowest BCUT2D eigenvalue weighted by atomic mass is 10.1. The maximum Gasteiger partial charge on any atom is 0.353 e. The van der Waals surface area contributed by atoms with Crippen LogP contribution < -0.4 is 0 Å². The standard InChI is InChI=1S/C12H15NO4/c1-9(12(15)16)13-17-8-11(14)7-10-5-3-2-4-6-10/h2-6,11,14H,7-8H2,1H3,(H,15,16). The zero-order chi connectivity index (χ0) is 12.7. The summed E-state index contributed by atoms with van der Waals surface area (Å²) in [4.78, 5) is 15.1. The maximum absolute atomic E-state index is 10.4. The number of benzene rings is 1. The molecule has 0 radical (unpaired) electrons. The SMILES string of the molecule is CC(=NOCC(O)Cc1ccccc1)C(=O)O. The molecule has 0 heterocycles. The van der Waals surface area contributed by atoms with Gasteiger partial charge in [0.25, 0.3) is 0 Å². The van der Waals surface area contributed by atoms with Gasteiger partial charge in [0.2, 0.25) is 0 Å². The summed E-state index contributed by atoms with van der Waals surface area (Å²) in [5, 5.41) is 21.5. The number of aliphatic carboxylic acids is 1. The maximum atomic E-state index is 10.4. The lowest BCUT2D eigenvalue weighted by Crippen LogP contribution is -2.18. The predicted octanol–water partition coefficient (Wildman–Crippen LogP) is 1.07. The van der Waals surface area contributed by atoms with E-state index in [1.165, 1.54) is 6.92 Å². The van der Waals surface area contributed by atoms with Gasteiger partial charge in [-0.15, -0.1) is 0 Å². The molecule has 0 spiro atoms. The highest BCUT2D eigenvalue weighted by atomic mass is 16.6.